The molecule has 4 rings (SSSR count). The highest BCUT2D eigenvalue weighted by atomic mass is 35.5. The molecule has 1 fully saturated rings. The Hall–Kier alpha value is -2.70. The van der Waals surface area contributed by atoms with Gasteiger partial charge in [-0.1, -0.05) is 23.7 Å². The predicted octanol–water partition coefficient (Wildman–Crippen LogP) is 3.94. The van der Waals surface area contributed by atoms with Crippen LogP contribution >= 0.6 is 23.5 Å². The summed E-state index contributed by atoms with van der Waals surface area (Å²) in [6.45, 7) is 6.02. The molecule has 0 atom stereocenters. The molecule has 2 aromatic carbocycles. The Morgan fingerprint density at radius 3 is 2.85 bits per heavy atom. The van der Waals surface area contributed by atoms with Crippen LogP contribution in [-0.4, -0.2) is 64.2 Å². The van der Waals surface area contributed by atoms with E-state index < -0.39 is 0 Å². The van der Waals surface area contributed by atoms with Crippen LogP contribution in [0.1, 0.15) is 27.0 Å². The Bertz CT molecular complexity index is 1110. The number of morpholine rings is 1. The summed E-state index contributed by atoms with van der Waals surface area (Å²) in [5.41, 5.74) is 5.10. The maximum Gasteiger partial charge on any atom is 0.150 e. The largest absolute Gasteiger partial charge is 0.393 e. The number of hydrogen-bond donors (Lipinski definition) is 2. The molecule has 2 N–H and O–H groups in total. The number of benzene rings is 2. The highest BCUT2D eigenvalue weighted by molar-refractivity contribution is 8.00. The number of carbonyl (C=O) groups excluding carboxylic acids is 1. The SMILES string of the molecule is CN/C=C(/Cl)c1c(C=O)cccc1SN1CCc2c(NCCN3CCOCC3)cc(C#N)cc21. The smallest absolute Gasteiger partial charge is 0.150 e. The average Bonchev–Trinajstić information content (AvgIpc) is 3.27. The lowest BCUT2D eigenvalue weighted by atomic mass is 10.1. The number of nitrogens with one attached hydrogen (secondary N) is 2. The maximum absolute atomic E-state index is 11.7. The van der Waals surface area contributed by atoms with Crippen LogP contribution in [0.15, 0.2) is 41.4 Å². The van der Waals surface area contributed by atoms with Gasteiger partial charge in [0.25, 0.3) is 0 Å². The summed E-state index contributed by atoms with van der Waals surface area (Å²) in [6.07, 6.45) is 3.38. The van der Waals surface area contributed by atoms with Crippen LogP contribution in [0.25, 0.3) is 5.03 Å². The number of fused-ring (bicyclic) bond motifs is 1. The zero-order chi connectivity index (χ0) is 23.9. The Morgan fingerprint density at radius 2 is 2.12 bits per heavy atom. The molecule has 0 saturated carbocycles. The fraction of sp³-hybridized carbons (Fsp3) is 0.360. The minimum Gasteiger partial charge on any atom is -0.393 e. The summed E-state index contributed by atoms with van der Waals surface area (Å²) in [6, 6.07) is 11.8. The van der Waals surface area contributed by atoms with Crippen molar-refractivity contribution in [2.75, 3.05) is 62.6 Å². The molecule has 0 aliphatic carbocycles. The van der Waals surface area contributed by atoms with Gasteiger partial charge in [0.2, 0.25) is 0 Å². The lowest BCUT2D eigenvalue weighted by molar-refractivity contribution is 0.0398. The molecule has 34 heavy (non-hydrogen) atoms. The zero-order valence-electron chi connectivity index (χ0n) is 19.1. The molecule has 1 saturated heterocycles. The highest BCUT2D eigenvalue weighted by Gasteiger charge is 2.26. The van der Waals surface area contributed by atoms with Gasteiger partial charge >= 0.3 is 0 Å². The topological polar surface area (TPSA) is 80.6 Å². The van der Waals surface area contributed by atoms with Crippen LogP contribution in [0.4, 0.5) is 11.4 Å². The van der Waals surface area contributed by atoms with Crippen molar-refractivity contribution in [2.24, 2.45) is 0 Å². The number of nitrogens with zero attached hydrogens (tertiary/aromatic N) is 3. The van der Waals surface area contributed by atoms with E-state index in [0.717, 1.165) is 74.9 Å². The average molecular weight is 498 g/mol. The molecule has 2 aromatic rings. The Kier molecular flexibility index (Phi) is 8.35. The Labute approximate surface area is 209 Å². The predicted molar refractivity (Wildman–Crippen MR) is 139 cm³/mol. The molecule has 7 nitrogen and oxygen atoms in total. The van der Waals surface area contributed by atoms with Gasteiger partial charge in [0.05, 0.1) is 35.6 Å². The number of rotatable bonds is 9. The fourth-order valence-corrected chi connectivity index (χ4v) is 5.78. The van der Waals surface area contributed by atoms with Crippen molar-refractivity contribution < 1.29 is 9.53 Å². The summed E-state index contributed by atoms with van der Waals surface area (Å²) in [7, 11) is 1.77. The first-order chi connectivity index (χ1) is 16.6. The van der Waals surface area contributed by atoms with Crippen molar-refractivity contribution in [3.8, 4) is 6.07 Å². The first-order valence-corrected chi connectivity index (χ1v) is 12.5. The monoisotopic (exact) mass is 497 g/mol. The highest BCUT2D eigenvalue weighted by Crippen LogP contribution is 2.43. The van der Waals surface area contributed by atoms with Crippen molar-refractivity contribution in [3.63, 3.8) is 0 Å². The van der Waals surface area contributed by atoms with Gasteiger partial charge < -0.3 is 19.7 Å². The van der Waals surface area contributed by atoms with E-state index >= 15 is 0 Å². The summed E-state index contributed by atoms with van der Waals surface area (Å²) in [4.78, 5) is 15.0. The third-order valence-corrected chi connectivity index (χ3v) is 7.37. The van der Waals surface area contributed by atoms with Crippen LogP contribution in [0, 0.1) is 11.3 Å². The summed E-state index contributed by atoms with van der Waals surface area (Å²) in [5, 5.41) is 16.6. The van der Waals surface area contributed by atoms with Crippen molar-refractivity contribution in [3.05, 3.63) is 58.8 Å². The van der Waals surface area contributed by atoms with E-state index in [1.54, 1.807) is 31.3 Å². The van der Waals surface area contributed by atoms with Gasteiger partial charge in [0.15, 0.2) is 6.29 Å². The standard InChI is InChI=1S/C25H28ClN5O2S/c1-28-16-21(26)25-19(17-32)3-2-4-24(25)34-31-7-5-20-22(13-18(15-27)14-23(20)31)29-6-8-30-9-11-33-12-10-30/h2-4,13-14,16-17,28-29H,5-12H2,1H3/b21-16+. The quantitative estimate of drug-likeness (QED) is 0.398. The van der Waals surface area contributed by atoms with Gasteiger partial charge in [0.1, 0.15) is 0 Å². The summed E-state index contributed by atoms with van der Waals surface area (Å²) >= 11 is 8.06. The molecule has 0 radical (unpaired) electrons. The molecule has 0 spiro atoms. The number of ether oxygens (including phenoxy) is 1. The van der Waals surface area contributed by atoms with E-state index in [4.69, 9.17) is 16.3 Å². The maximum atomic E-state index is 11.7. The molecule has 0 bridgehead atoms. The van der Waals surface area contributed by atoms with E-state index in [1.807, 2.05) is 24.3 Å². The second kappa shape index (κ2) is 11.6. The van der Waals surface area contributed by atoms with Gasteiger partial charge in [-0.05, 0) is 36.6 Å². The molecule has 2 aliphatic rings. The number of halogens is 1. The van der Waals surface area contributed by atoms with Crippen LogP contribution in [0.3, 0.4) is 0 Å². The molecular formula is C25H28ClN5O2S. The second-order valence-corrected chi connectivity index (χ2v) is 9.55. The molecule has 178 valence electrons. The van der Waals surface area contributed by atoms with E-state index in [2.05, 4.69) is 25.9 Å². The molecule has 0 unspecified atom stereocenters. The van der Waals surface area contributed by atoms with Gasteiger partial charge in [-0.2, -0.15) is 5.26 Å². The van der Waals surface area contributed by atoms with E-state index in [0.29, 0.717) is 21.7 Å². The molecular weight excluding hydrogens is 470 g/mol. The normalized spacial score (nSPS) is 16.1. The Balaban J connectivity index is 1.57. The van der Waals surface area contributed by atoms with Gasteiger partial charge in [0, 0.05) is 73.2 Å². The number of hydrogen-bond acceptors (Lipinski definition) is 8. The minimum absolute atomic E-state index is 0.475. The lowest BCUT2D eigenvalue weighted by Gasteiger charge is -2.27. The number of anilines is 2. The van der Waals surface area contributed by atoms with Crippen LogP contribution < -0.4 is 14.9 Å². The number of nitriles is 1. The van der Waals surface area contributed by atoms with Gasteiger partial charge in [-0.15, -0.1) is 0 Å². The van der Waals surface area contributed by atoms with E-state index in [1.165, 1.54) is 5.56 Å². The first kappa shape index (κ1) is 24.4. The molecule has 0 aromatic heterocycles. The van der Waals surface area contributed by atoms with Crippen molar-refractivity contribution in [1.82, 2.24) is 10.2 Å². The third kappa shape index (κ3) is 5.50. The third-order valence-electron chi connectivity index (χ3n) is 5.94. The zero-order valence-corrected chi connectivity index (χ0v) is 20.7. The summed E-state index contributed by atoms with van der Waals surface area (Å²) in [5.74, 6) is 0. The van der Waals surface area contributed by atoms with Gasteiger partial charge in [-0.25, -0.2) is 0 Å². The van der Waals surface area contributed by atoms with E-state index in [9.17, 15) is 10.1 Å². The first-order valence-electron chi connectivity index (χ1n) is 11.3. The van der Waals surface area contributed by atoms with Crippen LogP contribution in [0.2, 0.25) is 0 Å². The molecule has 0 amide bonds. The number of aldehydes is 1. The van der Waals surface area contributed by atoms with Crippen molar-refractivity contribution >= 4 is 46.2 Å². The molecule has 2 aliphatic heterocycles. The fourth-order valence-electron chi connectivity index (χ4n) is 4.26. The Morgan fingerprint density at radius 1 is 1.29 bits per heavy atom. The van der Waals surface area contributed by atoms with Crippen molar-refractivity contribution in [2.45, 2.75) is 11.3 Å². The minimum atomic E-state index is 0.475. The van der Waals surface area contributed by atoms with Gasteiger partial charge in [-0.3, -0.25) is 9.69 Å². The molecule has 9 heteroatoms. The van der Waals surface area contributed by atoms with Crippen LogP contribution in [0.5, 0.6) is 0 Å². The second-order valence-electron chi connectivity index (χ2n) is 8.08. The van der Waals surface area contributed by atoms with Crippen LogP contribution in [-0.2, 0) is 11.2 Å². The summed E-state index contributed by atoms with van der Waals surface area (Å²) < 4.78 is 7.61. The number of carbonyl (C=O) groups is 1. The molecule has 2 heterocycles. The lowest BCUT2D eigenvalue weighted by Crippen LogP contribution is -2.39. The van der Waals surface area contributed by atoms with E-state index in [-0.39, 0.29) is 0 Å². The van der Waals surface area contributed by atoms with Crippen molar-refractivity contribution in [1.29, 1.82) is 5.26 Å².